The highest BCUT2D eigenvalue weighted by atomic mass is 28.1. The van der Waals surface area contributed by atoms with Crippen LogP contribution in [0.15, 0.2) is 48.5 Å². The lowest BCUT2D eigenvalue weighted by Gasteiger charge is -2.08. The molecule has 0 saturated heterocycles. The molecule has 0 unspecified atom stereocenters. The van der Waals surface area contributed by atoms with Gasteiger partial charge >= 0.3 is 6.03 Å². The van der Waals surface area contributed by atoms with Crippen LogP contribution in [0.3, 0.4) is 0 Å². The molecule has 5 heteroatoms. The highest BCUT2D eigenvalue weighted by molar-refractivity contribution is 6.32. The minimum atomic E-state index is -0.484. The summed E-state index contributed by atoms with van der Waals surface area (Å²) < 4.78 is 13.3. The first kappa shape index (κ1) is 12.3. The molecule has 0 heterocycles. The van der Waals surface area contributed by atoms with Gasteiger partial charge in [0.15, 0.2) is 0 Å². The van der Waals surface area contributed by atoms with Gasteiger partial charge in [-0.25, -0.2) is 9.18 Å². The molecule has 0 aliphatic heterocycles. The fraction of sp³-hybridized carbons (Fsp3) is 0. The number of hydrogen-bond donors (Lipinski definition) is 2. The number of hydrogen-bond acceptors (Lipinski definition) is 1. The van der Waals surface area contributed by atoms with Crippen molar-refractivity contribution in [3.63, 3.8) is 0 Å². The first-order valence-electron chi connectivity index (χ1n) is 5.29. The van der Waals surface area contributed by atoms with Gasteiger partial charge in [-0.3, -0.25) is 0 Å². The molecule has 2 aromatic rings. The van der Waals surface area contributed by atoms with Gasteiger partial charge in [-0.15, -0.1) is 0 Å². The predicted octanol–water partition coefficient (Wildman–Crippen LogP) is 2.26. The highest BCUT2D eigenvalue weighted by Crippen LogP contribution is 2.13. The second-order valence-corrected chi connectivity index (χ2v) is 4.21. The quantitative estimate of drug-likeness (QED) is 0.796. The van der Waals surface area contributed by atoms with Crippen LogP contribution in [0.4, 0.5) is 20.6 Å². The lowest BCUT2D eigenvalue weighted by atomic mass is 10.3. The Hall–Kier alpha value is -2.14. The topological polar surface area (TPSA) is 41.1 Å². The number of carbonyl (C=O) groups excluding carboxylic acids is 1. The van der Waals surface area contributed by atoms with Crippen LogP contribution < -0.4 is 15.8 Å². The number of nitrogens with one attached hydrogen (secondary N) is 2. The zero-order chi connectivity index (χ0) is 13.0. The van der Waals surface area contributed by atoms with Crippen LogP contribution in [-0.2, 0) is 0 Å². The summed E-state index contributed by atoms with van der Waals surface area (Å²) in [6.45, 7) is 0. The smallest absolute Gasteiger partial charge is 0.308 e. The molecule has 2 aromatic carbocycles. The van der Waals surface area contributed by atoms with Crippen LogP contribution >= 0.6 is 0 Å². The zero-order valence-electron chi connectivity index (χ0n) is 9.41. The summed E-state index contributed by atoms with van der Waals surface area (Å²) in [7, 11) is 3.35. The van der Waals surface area contributed by atoms with E-state index in [1.165, 1.54) is 12.1 Å². The molecule has 89 valence electrons. The van der Waals surface area contributed by atoms with Gasteiger partial charge in [0.25, 0.3) is 0 Å². The summed E-state index contributed by atoms with van der Waals surface area (Å²) >= 11 is 0. The van der Waals surface area contributed by atoms with Crippen molar-refractivity contribution < 1.29 is 9.18 Å². The van der Waals surface area contributed by atoms with Gasteiger partial charge in [0, 0.05) is 5.69 Å². The third-order valence-electron chi connectivity index (χ3n) is 2.26. The largest absolute Gasteiger partial charge is 0.323 e. The number of para-hydroxylation sites is 1. The fourth-order valence-corrected chi connectivity index (χ4v) is 1.57. The van der Waals surface area contributed by atoms with Crippen LogP contribution in [0, 0.1) is 5.82 Å². The molecule has 0 aliphatic rings. The third-order valence-corrected chi connectivity index (χ3v) is 2.60. The van der Waals surface area contributed by atoms with Gasteiger partial charge < -0.3 is 10.6 Å². The molecule has 3 nitrogen and oxygen atoms in total. The molecule has 0 bridgehead atoms. The van der Waals surface area contributed by atoms with Crippen molar-refractivity contribution in [2.24, 2.45) is 0 Å². The van der Waals surface area contributed by atoms with Crippen molar-refractivity contribution in [3.05, 3.63) is 54.3 Å². The predicted molar refractivity (Wildman–Crippen MR) is 70.9 cm³/mol. The number of urea groups is 1. The van der Waals surface area contributed by atoms with E-state index in [2.05, 4.69) is 20.9 Å². The molecule has 2 amide bonds. The van der Waals surface area contributed by atoms with Gasteiger partial charge in [0.05, 0.1) is 15.9 Å². The van der Waals surface area contributed by atoms with E-state index < -0.39 is 11.8 Å². The summed E-state index contributed by atoms with van der Waals surface area (Å²) in [4.78, 5) is 11.6. The maximum Gasteiger partial charge on any atom is 0.323 e. The molecule has 0 aliphatic carbocycles. The molecule has 2 N–H and O–H groups in total. The molecule has 2 rings (SSSR count). The minimum Gasteiger partial charge on any atom is -0.308 e. The summed E-state index contributed by atoms with van der Waals surface area (Å²) in [5.41, 5.74) is 0.776. The Morgan fingerprint density at radius 2 is 1.67 bits per heavy atom. The van der Waals surface area contributed by atoms with E-state index in [1.54, 1.807) is 36.4 Å². The van der Waals surface area contributed by atoms with Crippen LogP contribution in [0.25, 0.3) is 0 Å². The van der Waals surface area contributed by atoms with E-state index in [-0.39, 0.29) is 5.69 Å². The Kier molecular flexibility index (Phi) is 3.74. The van der Waals surface area contributed by atoms with Gasteiger partial charge in [-0.05, 0) is 24.3 Å². The number of amides is 2. The molecule has 0 atom stereocenters. The Bertz CT molecular complexity index is 557. The van der Waals surface area contributed by atoms with E-state index in [1.807, 2.05) is 0 Å². The Morgan fingerprint density at radius 3 is 2.33 bits per heavy atom. The lowest BCUT2D eigenvalue weighted by molar-refractivity contribution is 0.262. The first-order valence-corrected chi connectivity index (χ1v) is 5.79. The second kappa shape index (κ2) is 5.46. The maximum absolute atomic E-state index is 13.3. The maximum atomic E-state index is 13.3. The van der Waals surface area contributed by atoms with Crippen LogP contribution in [-0.4, -0.2) is 16.3 Å². The molecule has 0 saturated carbocycles. The zero-order valence-corrected chi connectivity index (χ0v) is 10.4. The Labute approximate surface area is 107 Å². The summed E-state index contributed by atoms with van der Waals surface area (Å²) in [5.74, 6) is -0.469. The standard InChI is InChI=1S/C13H10FN2OSi/c14-11-3-1-2-4-12(11)16-13(17)15-9-5-7-10(18)8-6-9/h1-8H,(H2,15,16,17). The van der Waals surface area contributed by atoms with Gasteiger partial charge in [0.1, 0.15) is 5.82 Å². The van der Waals surface area contributed by atoms with E-state index in [9.17, 15) is 9.18 Å². The van der Waals surface area contributed by atoms with E-state index in [0.29, 0.717) is 5.69 Å². The molecule has 0 spiro atoms. The molecule has 0 aromatic heterocycles. The average molecular weight is 257 g/mol. The Balaban J connectivity index is 2.01. The second-order valence-electron chi connectivity index (χ2n) is 3.64. The van der Waals surface area contributed by atoms with Crippen LogP contribution in [0.1, 0.15) is 0 Å². The van der Waals surface area contributed by atoms with Crippen molar-refractivity contribution >= 4 is 32.8 Å². The first-order chi connectivity index (χ1) is 8.65. The number of benzene rings is 2. The summed E-state index contributed by atoms with van der Waals surface area (Å²) in [6.07, 6.45) is 0. The van der Waals surface area contributed by atoms with Gasteiger partial charge in [-0.2, -0.15) is 0 Å². The summed E-state index contributed by atoms with van der Waals surface area (Å²) in [6, 6.07) is 12.6. The van der Waals surface area contributed by atoms with Crippen molar-refractivity contribution in [1.29, 1.82) is 0 Å². The fourth-order valence-electron chi connectivity index (χ4n) is 1.40. The van der Waals surface area contributed by atoms with E-state index in [0.717, 1.165) is 5.19 Å². The molecule has 3 radical (unpaired) electrons. The van der Waals surface area contributed by atoms with E-state index >= 15 is 0 Å². The summed E-state index contributed by atoms with van der Waals surface area (Å²) in [5, 5.41) is 5.95. The van der Waals surface area contributed by atoms with Gasteiger partial charge in [0.2, 0.25) is 0 Å². The molecular formula is C13H10FN2OSi. The number of halogens is 1. The Morgan fingerprint density at radius 1 is 1.00 bits per heavy atom. The van der Waals surface area contributed by atoms with Crippen molar-refractivity contribution in [2.75, 3.05) is 10.6 Å². The van der Waals surface area contributed by atoms with Crippen LogP contribution in [0.2, 0.25) is 0 Å². The third kappa shape index (κ3) is 3.18. The average Bonchev–Trinajstić information content (AvgIpc) is 2.35. The van der Waals surface area contributed by atoms with Gasteiger partial charge in [-0.1, -0.05) is 29.5 Å². The van der Waals surface area contributed by atoms with Crippen molar-refractivity contribution in [2.45, 2.75) is 0 Å². The highest BCUT2D eigenvalue weighted by Gasteiger charge is 2.05. The molecule has 18 heavy (non-hydrogen) atoms. The number of rotatable bonds is 2. The normalized spacial score (nSPS) is 9.89. The van der Waals surface area contributed by atoms with Crippen molar-refractivity contribution in [1.82, 2.24) is 0 Å². The SMILES string of the molecule is O=C(Nc1ccc([Si])cc1)Nc1ccccc1F. The molecular weight excluding hydrogens is 247 g/mol. The minimum absolute atomic E-state index is 0.145. The number of anilines is 2. The van der Waals surface area contributed by atoms with Crippen molar-refractivity contribution in [3.8, 4) is 0 Å². The number of carbonyl (C=O) groups is 1. The monoisotopic (exact) mass is 257 g/mol. The van der Waals surface area contributed by atoms with E-state index in [4.69, 9.17) is 0 Å². The molecule has 0 fully saturated rings. The van der Waals surface area contributed by atoms with Crippen LogP contribution in [0.5, 0.6) is 0 Å². The lowest BCUT2D eigenvalue weighted by Crippen LogP contribution is -2.20.